The first kappa shape index (κ1) is 17.9. The lowest BCUT2D eigenvalue weighted by atomic mass is 10.0. The third-order valence-corrected chi connectivity index (χ3v) is 4.51. The highest BCUT2D eigenvalue weighted by Gasteiger charge is 2.29. The second-order valence-corrected chi connectivity index (χ2v) is 6.04. The molecule has 2 amide bonds. The van der Waals surface area contributed by atoms with E-state index in [0.717, 1.165) is 25.8 Å². The fraction of sp³-hybridized carbons (Fsp3) is 0.571. The molecular weight excluding hydrogens is 310 g/mol. The van der Waals surface area contributed by atoms with Gasteiger partial charge in [0.25, 0.3) is 5.91 Å². The fourth-order valence-electron chi connectivity index (χ4n) is 2.52. The van der Waals surface area contributed by atoms with Crippen molar-refractivity contribution in [1.82, 2.24) is 10.2 Å². The minimum absolute atomic E-state index is 0. The van der Waals surface area contributed by atoms with Crippen LogP contribution >= 0.6 is 23.7 Å². The Hall–Kier alpha value is -1.11. The number of nitrogens with one attached hydrogen (secondary N) is 1. The SMILES string of the molecule is CC(NC(=O)c1cccs1)C(=O)N1CCCCC1CN.Cl. The van der Waals surface area contributed by atoms with Gasteiger partial charge in [0.05, 0.1) is 4.88 Å². The molecule has 5 nitrogen and oxygen atoms in total. The Balaban J connectivity index is 0.00000220. The maximum Gasteiger partial charge on any atom is 0.261 e. The number of rotatable bonds is 4. The van der Waals surface area contributed by atoms with E-state index >= 15 is 0 Å². The molecule has 0 radical (unpaired) electrons. The highest BCUT2D eigenvalue weighted by Crippen LogP contribution is 2.17. The Labute approximate surface area is 135 Å². The first-order valence-electron chi connectivity index (χ1n) is 6.98. The van der Waals surface area contributed by atoms with Gasteiger partial charge in [-0.3, -0.25) is 9.59 Å². The molecule has 2 unspecified atom stereocenters. The summed E-state index contributed by atoms with van der Waals surface area (Å²) < 4.78 is 0. The molecule has 3 N–H and O–H groups in total. The summed E-state index contributed by atoms with van der Waals surface area (Å²) in [5.41, 5.74) is 5.73. The minimum Gasteiger partial charge on any atom is -0.340 e. The molecule has 2 atom stereocenters. The number of thiophene rings is 1. The van der Waals surface area contributed by atoms with Crippen LogP contribution in [0.2, 0.25) is 0 Å². The molecule has 1 aliphatic rings. The summed E-state index contributed by atoms with van der Waals surface area (Å²) in [6, 6.07) is 3.16. The average Bonchev–Trinajstić information content (AvgIpc) is 3.00. The van der Waals surface area contributed by atoms with E-state index in [9.17, 15) is 9.59 Å². The summed E-state index contributed by atoms with van der Waals surface area (Å²) in [4.78, 5) is 26.8. The molecular formula is C14H22ClN3O2S. The van der Waals surface area contributed by atoms with Gasteiger partial charge in [-0.25, -0.2) is 0 Å². The molecule has 21 heavy (non-hydrogen) atoms. The zero-order chi connectivity index (χ0) is 14.5. The van der Waals surface area contributed by atoms with E-state index < -0.39 is 6.04 Å². The number of likely N-dealkylation sites (tertiary alicyclic amines) is 1. The Morgan fingerprint density at radius 2 is 2.29 bits per heavy atom. The molecule has 0 bridgehead atoms. The van der Waals surface area contributed by atoms with E-state index in [-0.39, 0.29) is 30.3 Å². The van der Waals surface area contributed by atoms with Gasteiger partial charge in [-0.1, -0.05) is 6.07 Å². The second kappa shape index (κ2) is 8.36. The van der Waals surface area contributed by atoms with Crippen molar-refractivity contribution in [2.24, 2.45) is 5.73 Å². The normalized spacial score (nSPS) is 19.5. The molecule has 1 saturated heterocycles. The summed E-state index contributed by atoms with van der Waals surface area (Å²) >= 11 is 1.37. The van der Waals surface area contributed by atoms with E-state index in [2.05, 4.69) is 5.32 Å². The van der Waals surface area contributed by atoms with Crippen LogP contribution in [-0.4, -0.2) is 41.9 Å². The minimum atomic E-state index is -0.517. The van der Waals surface area contributed by atoms with Crippen molar-refractivity contribution in [3.63, 3.8) is 0 Å². The lowest BCUT2D eigenvalue weighted by molar-refractivity contribution is -0.136. The molecule has 1 aliphatic heterocycles. The fourth-order valence-corrected chi connectivity index (χ4v) is 3.15. The van der Waals surface area contributed by atoms with Crippen molar-refractivity contribution < 1.29 is 9.59 Å². The number of amides is 2. The molecule has 0 saturated carbocycles. The van der Waals surface area contributed by atoms with Gasteiger partial charge < -0.3 is 16.0 Å². The molecule has 7 heteroatoms. The zero-order valence-corrected chi connectivity index (χ0v) is 13.7. The molecule has 1 aromatic rings. The van der Waals surface area contributed by atoms with E-state index in [1.54, 1.807) is 13.0 Å². The maximum atomic E-state index is 12.4. The highest BCUT2D eigenvalue weighted by atomic mass is 35.5. The third kappa shape index (κ3) is 4.43. The van der Waals surface area contributed by atoms with Crippen LogP contribution in [0, 0.1) is 0 Å². The molecule has 0 spiro atoms. The predicted octanol–water partition coefficient (Wildman–Crippen LogP) is 1.63. The Morgan fingerprint density at radius 3 is 2.90 bits per heavy atom. The monoisotopic (exact) mass is 331 g/mol. The van der Waals surface area contributed by atoms with Crippen molar-refractivity contribution in [1.29, 1.82) is 0 Å². The van der Waals surface area contributed by atoms with Gasteiger partial charge in [-0.2, -0.15) is 0 Å². The summed E-state index contributed by atoms with van der Waals surface area (Å²) in [5.74, 6) is -0.229. The van der Waals surface area contributed by atoms with Crippen LogP contribution in [0.3, 0.4) is 0 Å². The number of nitrogens with zero attached hydrogens (tertiary/aromatic N) is 1. The van der Waals surface area contributed by atoms with Crippen LogP contribution in [0.4, 0.5) is 0 Å². The van der Waals surface area contributed by atoms with E-state index in [0.29, 0.717) is 11.4 Å². The molecule has 118 valence electrons. The van der Waals surface area contributed by atoms with Crippen LogP contribution in [0.1, 0.15) is 35.9 Å². The van der Waals surface area contributed by atoms with Gasteiger partial charge in [0.2, 0.25) is 5.91 Å². The average molecular weight is 332 g/mol. The highest BCUT2D eigenvalue weighted by molar-refractivity contribution is 7.12. The van der Waals surface area contributed by atoms with Crippen LogP contribution in [0.25, 0.3) is 0 Å². The van der Waals surface area contributed by atoms with Crippen LogP contribution < -0.4 is 11.1 Å². The summed E-state index contributed by atoms with van der Waals surface area (Å²) in [6.45, 7) is 2.95. The van der Waals surface area contributed by atoms with E-state index in [1.807, 2.05) is 16.3 Å². The Morgan fingerprint density at radius 1 is 1.52 bits per heavy atom. The van der Waals surface area contributed by atoms with E-state index in [4.69, 9.17) is 5.73 Å². The molecule has 0 aromatic carbocycles. The number of piperidine rings is 1. The van der Waals surface area contributed by atoms with Crippen molar-refractivity contribution in [3.05, 3.63) is 22.4 Å². The summed E-state index contributed by atoms with van der Waals surface area (Å²) in [6.07, 6.45) is 3.07. The smallest absolute Gasteiger partial charge is 0.261 e. The topological polar surface area (TPSA) is 75.4 Å². The third-order valence-electron chi connectivity index (χ3n) is 3.65. The molecule has 1 aromatic heterocycles. The van der Waals surface area contributed by atoms with Crippen molar-refractivity contribution >= 4 is 35.6 Å². The van der Waals surface area contributed by atoms with Crippen LogP contribution in [-0.2, 0) is 4.79 Å². The number of carbonyl (C=O) groups is 2. The number of carbonyl (C=O) groups excluding carboxylic acids is 2. The van der Waals surface area contributed by atoms with Crippen molar-refractivity contribution in [3.8, 4) is 0 Å². The van der Waals surface area contributed by atoms with Crippen molar-refractivity contribution in [2.75, 3.05) is 13.1 Å². The lowest BCUT2D eigenvalue weighted by Crippen LogP contribution is -2.54. The number of hydrogen-bond acceptors (Lipinski definition) is 4. The maximum absolute atomic E-state index is 12.4. The molecule has 1 fully saturated rings. The summed E-state index contributed by atoms with van der Waals surface area (Å²) in [7, 11) is 0. The molecule has 0 aliphatic carbocycles. The van der Waals surface area contributed by atoms with Crippen LogP contribution in [0.15, 0.2) is 17.5 Å². The van der Waals surface area contributed by atoms with E-state index in [1.165, 1.54) is 11.3 Å². The standard InChI is InChI=1S/C14H21N3O2S.ClH/c1-10(16-13(18)12-6-4-8-20-12)14(19)17-7-3-2-5-11(17)9-15;/h4,6,8,10-11H,2-3,5,7,9,15H2,1H3,(H,16,18);1H. The number of hydrogen-bond donors (Lipinski definition) is 2. The molecule has 2 heterocycles. The van der Waals surface area contributed by atoms with Gasteiger partial charge in [-0.05, 0) is 37.6 Å². The largest absolute Gasteiger partial charge is 0.340 e. The van der Waals surface area contributed by atoms with Gasteiger partial charge >= 0.3 is 0 Å². The van der Waals surface area contributed by atoms with Gasteiger partial charge in [-0.15, -0.1) is 23.7 Å². The lowest BCUT2D eigenvalue weighted by Gasteiger charge is -2.36. The first-order chi connectivity index (χ1) is 9.63. The predicted molar refractivity (Wildman–Crippen MR) is 86.9 cm³/mol. The Kier molecular flexibility index (Phi) is 7.14. The number of nitrogens with two attached hydrogens (primary N) is 1. The molecule has 2 rings (SSSR count). The Bertz CT molecular complexity index is 467. The first-order valence-corrected chi connectivity index (χ1v) is 7.86. The van der Waals surface area contributed by atoms with Gasteiger partial charge in [0.1, 0.15) is 6.04 Å². The summed E-state index contributed by atoms with van der Waals surface area (Å²) in [5, 5.41) is 4.61. The van der Waals surface area contributed by atoms with Gasteiger partial charge in [0.15, 0.2) is 0 Å². The van der Waals surface area contributed by atoms with Gasteiger partial charge in [0, 0.05) is 19.1 Å². The number of halogens is 1. The van der Waals surface area contributed by atoms with Crippen LogP contribution in [0.5, 0.6) is 0 Å². The quantitative estimate of drug-likeness (QED) is 0.880. The zero-order valence-electron chi connectivity index (χ0n) is 12.1. The second-order valence-electron chi connectivity index (χ2n) is 5.09. The van der Waals surface area contributed by atoms with Crippen molar-refractivity contribution in [2.45, 2.75) is 38.3 Å².